The molecule has 39 heavy (non-hydrogen) atoms. The van der Waals surface area contributed by atoms with Gasteiger partial charge in [0.05, 0.1) is 11.1 Å². The van der Waals surface area contributed by atoms with Gasteiger partial charge in [0.25, 0.3) is 11.8 Å². The van der Waals surface area contributed by atoms with E-state index in [1.807, 2.05) is 42.5 Å². The van der Waals surface area contributed by atoms with Gasteiger partial charge in [-0.05, 0) is 67.8 Å². The van der Waals surface area contributed by atoms with Crippen LogP contribution < -0.4 is 16.0 Å². The molecule has 8 heteroatoms. The Morgan fingerprint density at radius 3 is 2.54 bits per heavy atom. The van der Waals surface area contributed by atoms with E-state index in [0.29, 0.717) is 40.1 Å². The molecule has 1 saturated carbocycles. The van der Waals surface area contributed by atoms with Crippen LogP contribution in [0.25, 0.3) is 21.8 Å². The first-order chi connectivity index (χ1) is 19.1. The van der Waals surface area contributed by atoms with E-state index in [1.165, 1.54) is 32.1 Å². The summed E-state index contributed by atoms with van der Waals surface area (Å²) in [6.45, 7) is 2.01. The molecule has 1 unspecified atom stereocenters. The largest absolute Gasteiger partial charge is 0.349 e. The number of hydrogen-bond donors (Lipinski definition) is 4. The number of hydrogen-bond acceptors (Lipinski definition) is 5. The van der Waals surface area contributed by atoms with Gasteiger partial charge in [0, 0.05) is 17.6 Å². The summed E-state index contributed by atoms with van der Waals surface area (Å²) in [7, 11) is 0. The van der Waals surface area contributed by atoms with Crippen molar-refractivity contribution in [3.8, 4) is 0 Å². The summed E-state index contributed by atoms with van der Waals surface area (Å²) >= 11 is 0. The number of aromatic nitrogens is 3. The molecule has 1 aliphatic heterocycles. The van der Waals surface area contributed by atoms with Crippen molar-refractivity contribution in [3.63, 3.8) is 0 Å². The smallest absolute Gasteiger partial charge is 0.276 e. The fraction of sp³-hybridized carbons (Fsp3) is 0.419. The lowest BCUT2D eigenvalue weighted by atomic mass is 9.79. The van der Waals surface area contributed by atoms with Crippen LogP contribution in [-0.2, 0) is 0 Å². The minimum atomic E-state index is -0.357. The molecule has 1 saturated heterocycles. The number of para-hydroxylation sites is 1. The Labute approximate surface area is 228 Å². The predicted octanol–water partition coefficient (Wildman–Crippen LogP) is 5.43. The van der Waals surface area contributed by atoms with Crippen molar-refractivity contribution in [2.75, 3.05) is 18.4 Å². The fourth-order valence-electron chi connectivity index (χ4n) is 6.30. The molecule has 2 aromatic carbocycles. The number of carbonyl (C=O) groups is 2. The molecule has 1 aliphatic carbocycles. The zero-order valence-electron chi connectivity index (χ0n) is 22.2. The quantitative estimate of drug-likeness (QED) is 0.258. The van der Waals surface area contributed by atoms with E-state index in [9.17, 15) is 9.59 Å². The Kier molecular flexibility index (Phi) is 7.54. The minimum Gasteiger partial charge on any atom is -0.349 e. The Morgan fingerprint density at radius 2 is 1.72 bits per heavy atom. The van der Waals surface area contributed by atoms with Crippen LogP contribution in [0.2, 0.25) is 0 Å². The molecule has 2 amide bonds. The zero-order chi connectivity index (χ0) is 26.6. The summed E-state index contributed by atoms with van der Waals surface area (Å²) in [6.07, 6.45) is 11.4. The Morgan fingerprint density at radius 1 is 0.923 bits per heavy atom. The van der Waals surface area contributed by atoms with Gasteiger partial charge in [-0.1, -0.05) is 62.4 Å². The number of nitrogens with one attached hydrogen (secondary N) is 4. The predicted molar refractivity (Wildman–Crippen MR) is 154 cm³/mol. The third-order valence-corrected chi connectivity index (χ3v) is 8.43. The van der Waals surface area contributed by atoms with Gasteiger partial charge in [0.1, 0.15) is 11.2 Å². The zero-order valence-corrected chi connectivity index (χ0v) is 22.2. The van der Waals surface area contributed by atoms with Crippen LogP contribution in [0, 0.1) is 11.8 Å². The number of anilines is 1. The average molecular weight is 525 g/mol. The number of benzene rings is 2. The van der Waals surface area contributed by atoms with Crippen molar-refractivity contribution >= 4 is 39.6 Å². The molecule has 4 N–H and O–H groups in total. The van der Waals surface area contributed by atoms with Gasteiger partial charge in [-0.2, -0.15) is 0 Å². The highest BCUT2D eigenvalue weighted by Gasteiger charge is 2.29. The number of imidazole rings is 1. The van der Waals surface area contributed by atoms with Gasteiger partial charge in [-0.15, -0.1) is 0 Å². The van der Waals surface area contributed by atoms with Crippen molar-refractivity contribution in [2.45, 2.75) is 57.4 Å². The minimum absolute atomic E-state index is 0.0967. The first kappa shape index (κ1) is 25.5. The number of fused-ring (bicyclic) bond motifs is 2. The fourth-order valence-corrected chi connectivity index (χ4v) is 6.30. The molecule has 0 radical (unpaired) electrons. The number of nitrogens with zero attached hydrogens (tertiary/aromatic N) is 2. The monoisotopic (exact) mass is 524 g/mol. The summed E-state index contributed by atoms with van der Waals surface area (Å²) in [5.41, 5.74) is 2.09. The third-order valence-electron chi connectivity index (χ3n) is 8.43. The molecule has 1 atom stereocenters. The van der Waals surface area contributed by atoms with Crippen LogP contribution in [0.3, 0.4) is 0 Å². The van der Waals surface area contributed by atoms with Crippen LogP contribution in [0.5, 0.6) is 0 Å². The third kappa shape index (κ3) is 5.81. The molecule has 2 aromatic heterocycles. The molecule has 202 valence electrons. The normalized spacial score (nSPS) is 17.7. The molecule has 0 bridgehead atoms. The van der Waals surface area contributed by atoms with E-state index in [0.717, 1.165) is 43.1 Å². The number of H-pyrrole nitrogens is 1. The van der Waals surface area contributed by atoms with Crippen molar-refractivity contribution in [2.24, 2.45) is 11.8 Å². The molecule has 8 nitrogen and oxygen atoms in total. The van der Waals surface area contributed by atoms with Crippen LogP contribution in [0.1, 0.15) is 72.2 Å². The summed E-state index contributed by atoms with van der Waals surface area (Å²) < 4.78 is 0. The SMILES string of the molecule is O=C(Nc1nc2c(C(=O)NC(CC3CCCCC3)C3CCNCC3)cccc2[nH]1)c1cc2ccccc2cn1. The molecule has 2 fully saturated rings. The number of piperidine rings is 1. The highest BCUT2D eigenvalue weighted by molar-refractivity contribution is 6.07. The topological polar surface area (TPSA) is 112 Å². The highest BCUT2D eigenvalue weighted by Crippen LogP contribution is 2.31. The highest BCUT2D eigenvalue weighted by atomic mass is 16.2. The maximum Gasteiger partial charge on any atom is 0.276 e. The molecular weight excluding hydrogens is 488 g/mol. The van der Waals surface area contributed by atoms with Gasteiger partial charge in [0.15, 0.2) is 0 Å². The number of carbonyl (C=O) groups excluding carboxylic acids is 2. The maximum atomic E-state index is 13.7. The Hall–Kier alpha value is -3.78. The summed E-state index contributed by atoms with van der Waals surface area (Å²) in [5.74, 6) is 1.01. The Balaban J connectivity index is 1.20. The van der Waals surface area contributed by atoms with Crippen molar-refractivity contribution in [3.05, 3.63) is 66.0 Å². The molecule has 4 aromatic rings. The van der Waals surface area contributed by atoms with Crippen molar-refractivity contribution in [1.29, 1.82) is 0 Å². The van der Waals surface area contributed by atoms with Gasteiger partial charge in [0.2, 0.25) is 5.95 Å². The van der Waals surface area contributed by atoms with Gasteiger partial charge >= 0.3 is 0 Å². The lowest BCUT2D eigenvalue weighted by molar-refractivity contribution is 0.0900. The van der Waals surface area contributed by atoms with Gasteiger partial charge in [-0.3, -0.25) is 19.9 Å². The second-order valence-corrected chi connectivity index (χ2v) is 11.1. The van der Waals surface area contributed by atoms with Gasteiger partial charge in [-0.25, -0.2) is 4.98 Å². The lowest BCUT2D eigenvalue weighted by Gasteiger charge is -2.35. The van der Waals surface area contributed by atoms with Crippen LogP contribution in [0.15, 0.2) is 54.7 Å². The lowest BCUT2D eigenvalue weighted by Crippen LogP contribution is -2.45. The molecular formula is C31H36N6O2. The van der Waals surface area contributed by atoms with E-state index in [2.05, 4.69) is 30.9 Å². The van der Waals surface area contributed by atoms with E-state index in [-0.39, 0.29) is 17.9 Å². The summed E-state index contributed by atoms with van der Waals surface area (Å²) in [5, 5.41) is 11.6. The van der Waals surface area contributed by atoms with E-state index in [4.69, 9.17) is 0 Å². The van der Waals surface area contributed by atoms with Crippen LogP contribution in [0.4, 0.5) is 5.95 Å². The first-order valence-electron chi connectivity index (χ1n) is 14.3. The number of amides is 2. The standard InChI is InChI=1S/C31H36N6O2/c38-29(34-26(21-13-15-32-16-14-21)17-20-7-2-1-3-8-20)24-11-6-12-25-28(24)36-31(35-25)37-30(39)27-18-22-9-4-5-10-23(22)19-33-27/h4-6,9-12,18-21,26,32H,1-3,7-8,13-17H2,(H,34,38)(H2,35,36,37,39). The average Bonchev–Trinajstić information content (AvgIpc) is 3.40. The molecule has 2 aliphatic rings. The number of aromatic amines is 1. The van der Waals surface area contributed by atoms with E-state index in [1.54, 1.807) is 12.3 Å². The number of pyridine rings is 1. The van der Waals surface area contributed by atoms with Crippen molar-refractivity contribution in [1.82, 2.24) is 25.6 Å². The number of rotatable bonds is 7. The molecule has 6 rings (SSSR count). The Bertz CT molecular complexity index is 1470. The van der Waals surface area contributed by atoms with Gasteiger partial charge < -0.3 is 15.6 Å². The maximum absolute atomic E-state index is 13.7. The summed E-state index contributed by atoms with van der Waals surface area (Å²) in [6, 6.07) is 15.2. The van der Waals surface area contributed by atoms with E-state index >= 15 is 0 Å². The summed E-state index contributed by atoms with van der Waals surface area (Å²) in [4.78, 5) is 38.7. The second-order valence-electron chi connectivity index (χ2n) is 11.1. The van der Waals surface area contributed by atoms with E-state index < -0.39 is 0 Å². The first-order valence-corrected chi connectivity index (χ1v) is 14.3. The van der Waals surface area contributed by atoms with Crippen LogP contribution in [-0.4, -0.2) is 45.9 Å². The molecule has 3 heterocycles. The van der Waals surface area contributed by atoms with Crippen molar-refractivity contribution < 1.29 is 9.59 Å². The molecule has 0 spiro atoms. The second kappa shape index (κ2) is 11.5. The van der Waals surface area contributed by atoms with Crippen LogP contribution >= 0.6 is 0 Å².